The first kappa shape index (κ1) is 31.8. The van der Waals surface area contributed by atoms with Gasteiger partial charge in [-0.05, 0) is 98.7 Å². The number of imidazole rings is 1. The van der Waals surface area contributed by atoms with Crippen LogP contribution in [0.25, 0.3) is 72.3 Å². The first-order valence-electron chi connectivity index (χ1n) is 17.9. The standard InChI is InChI=1S/C47H44N2O/c1-29(2)38-26-34(33-22-20-32(21-23-33)31-14-9-8-10-15-31)27-39(30(3)4)44(38)49-42-19-12-11-18-41(42)48-46(49)37-17-13-16-36-40-28-35(47(5,6)7)24-25-43(40)50-45(36)37/h8-30H,1-7H3. The minimum absolute atomic E-state index is 0.0416. The second kappa shape index (κ2) is 12.2. The van der Waals surface area contributed by atoms with Gasteiger partial charge >= 0.3 is 0 Å². The highest BCUT2D eigenvalue weighted by molar-refractivity contribution is 6.10. The van der Waals surface area contributed by atoms with Crippen molar-refractivity contribution in [1.29, 1.82) is 0 Å². The molecular formula is C47H44N2O. The van der Waals surface area contributed by atoms with Gasteiger partial charge in [0.05, 0.1) is 22.3 Å². The van der Waals surface area contributed by atoms with Crippen LogP contribution >= 0.6 is 0 Å². The average Bonchev–Trinajstić information content (AvgIpc) is 3.69. The van der Waals surface area contributed by atoms with Gasteiger partial charge in [-0.2, -0.15) is 0 Å². The number of furan rings is 1. The highest BCUT2D eigenvalue weighted by Crippen LogP contribution is 2.43. The molecule has 8 aromatic rings. The van der Waals surface area contributed by atoms with Crippen LogP contribution in [-0.2, 0) is 5.41 Å². The van der Waals surface area contributed by atoms with E-state index < -0.39 is 0 Å². The van der Waals surface area contributed by atoms with Crippen molar-refractivity contribution < 1.29 is 4.42 Å². The maximum Gasteiger partial charge on any atom is 0.149 e. The van der Waals surface area contributed by atoms with Crippen LogP contribution in [0.3, 0.4) is 0 Å². The van der Waals surface area contributed by atoms with E-state index in [4.69, 9.17) is 9.40 Å². The molecule has 0 unspecified atom stereocenters. The Bertz CT molecular complexity index is 2480. The second-order valence-electron chi connectivity index (χ2n) is 15.3. The zero-order chi connectivity index (χ0) is 34.7. The molecule has 0 bridgehead atoms. The number of hydrogen-bond acceptors (Lipinski definition) is 2. The summed E-state index contributed by atoms with van der Waals surface area (Å²) in [5.74, 6) is 1.45. The van der Waals surface area contributed by atoms with E-state index in [2.05, 4.69) is 180 Å². The van der Waals surface area contributed by atoms with Crippen LogP contribution in [0.1, 0.15) is 77.0 Å². The number of aromatic nitrogens is 2. The molecule has 3 nitrogen and oxygen atoms in total. The Morgan fingerprint density at radius 3 is 1.86 bits per heavy atom. The van der Waals surface area contributed by atoms with Crippen LogP contribution in [0.4, 0.5) is 0 Å². The second-order valence-corrected chi connectivity index (χ2v) is 15.3. The van der Waals surface area contributed by atoms with Gasteiger partial charge in [-0.3, -0.25) is 4.57 Å². The summed E-state index contributed by atoms with van der Waals surface area (Å²) in [4.78, 5) is 5.36. The van der Waals surface area contributed by atoms with E-state index in [0.29, 0.717) is 0 Å². The highest BCUT2D eigenvalue weighted by atomic mass is 16.3. The summed E-state index contributed by atoms with van der Waals surface area (Å²) in [5.41, 5.74) is 14.9. The zero-order valence-corrected chi connectivity index (χ0v) is 30.1. The molecule has 0 fully saturated rings. The molecule has 0 radical (unpaired) electrons. The third kappa shape index (κ3) is 5.42. The molecule has 0 aliphatic heterocycles. The van der Waals surface area contributed by atoms with Crippen molar-refractivity contribution in [3.05, 3.63) is 144 Å². The van der Waals surface area contributed by atoms with Gasteiger partial charge in [-0.15, -0.1) is 0 Å². The normalized spacial score (nSPS) is 12.3. The lowest BCUT2D eigenvalue weighted by molar-refractivity contribution is 0.590. The van der Waals surface area contributed by atoms with Gasteiger partial charge in [0.25, 0.3) is 0 Å². The van der Waals surface area contributed by atoms with Crippen molar-refractivity contribution in [2.45, 2.75) is 65.7 Å². The van der Waals surface area contributed by atoms with Gasteiger partial charge in [0.1, 0.15) is 17.0 Å². The third-order valence-electron chi connectivity index (χ3n) is 10.1. The average molecular weight is 653 g/mol. The molecular weight excluding hydrogens is 609 g/mol. The summed E-state index contributed by atoms with van der Waals surface area (Å²) in [6.07, 6.45) is 0. The van der Waals surface area contributed by atoms with Gasteiger partial charge in [0, 0.05) is 10.8 Å². The van der Waals surface area contributed by atoms with Crippen LogP contribution in [0.15, 0.2) is 132 Å². The molecule has 0 aliphatic rings. The van der Waals surface area contributed by atoms with Crippen LogP contribution in [0.5, 0.6) is 0 Å². The topological polar surface area (TPSA) is 31.0 Å². The van der Waals surface area contributed by atoms with E-state index in [1.54, 1.807) is 0 Å². The Morgan fingerprint density at radius 2 is 1.20 bits per heavy atom. The summed E-state index contributed by atoms with van der Waals surface area (Å²) in [6.45, 7) is 16.0. The van der Waals surface area contributed by atoms with Gasteiger partial charge < -0.3 is 4.42 Å². The smallest absolute Gasteiger partial charge is 0.149 e. The van der Waals surface area contributed by atoms with E-state index in [-0.39, 0.29) is 17.3 Å². The fraction of sp³-hybridized carbons (Fsp3) is 0.213. The Hall–Kier alpha value is -5.41. The van der Waals surface area contributed by atoms with E-state index in [1.807, 2.05) is 0 Å². The Kier molecular flexibility index (Phi) is 7.75. The van der Waals surface area contributed by atoms with E-state index >= 15 is 0 Å². The van der Waals surface area contributed by atoms with Gasteiger partial charge in [-0.1, -0.05) is 133 Å². The largest absolute Gasteiger partial charge is 0.455 e. The Morgan fingerprint density at radius 1 is 0.580 bits per heavy atom. The summed E-state index contributed by atoms with van der Waals surface area (Å²) in [6, 6.07) is 46.0. The number of fused-ring (bicyclic) bond motifs is 4. The molecule has 0 atom stereocenters. The molecule has 0 spiro atoms. The molecule has 2 aromatic heterocycles. The van der Waals surface area contributed by atoms with E-state index in [0.717, 1.165) is 44.4 Å². The fourth-order valence-electron chi connectivity index (χ4n) is 7.35. The minimum atomic E-state index is 0.0416. The molecule has 0 amide bonds. The van der Waals surface area contributed by atoms with Crippen LogP contribution in [-0.4, -0.2) is 9.55 Å². The third-order valence-corrected chi connectivity index (χ3v) is 10.1. The predicted molar refractivity (Wildman–Crippen MR) is 212 cm³/mol. The van der Waals surface area contributed by atoms with Gasteiger partial charge in [-0.25, -0.2) is 4.98 Å². The molecule has 0 saturated heterocycles. The first-order chi connectivity index (χ1) is 24.1. The monoisotopic (exact) mass is 652 g/mol. The molecule has 50 heavy (non-hydrogen) atoms. The number of rotatable bonds is 6. The molecule has 0 saturated carbocycles. The van der Waals surface area contributed by atoms with Crippen LogP contribution in [0, 0.1) is 0 Å². The van der Waals surface area contributed by atoms with Crippen molar-refractivity contribution >= 4 is 33.0 Å². The van der Waals surface area contributed by atoms with E-state index in [1.165, 1.54) is 44.6 Å². The molecule has 0 aliphatic carbocycles. The van der Waals surface area contributed by atoms with Crippen LogP contribution < -0.4 is 0 Å². The Labute approximate surface area is 295 Å². The lowest BCUT2D eigenvalue weighted by Gasteiger charge is -2.24. The molecule has 2 heterocycles. The lowest BCUT2D eigenvalue weighted by Crippen LogP contribution is -2.10. The maximum atomic E-state index is 6.71. The van der Waals surface area contributed by atoms with Crippen molar-refractivity contribution in [2.24, 2.45) is 0 Å². The summed E-state index contributed by atoms with van der Waals surface area (Å²) < 4.78 is 9.12. The van der Waals surface area contributed by atoms with Crippen LogP contribution in [0.2, 0.25) is 0 Å². The van der Waals surface area contributed by atoms with Gasteiger partial charge in [0.15, 0.2) is 0 Å². The quantitative estimate of drug-likeness (QED) is 0.179. The highest BCUT2D eigenvalue weighted by Gasteiger charge is 2.26. The first-order valence-corrected chi connectivity index (χ1v) is 17.9. The van der Waals surface area contributed by atoms with Crippen molar-refractivity contribution in [1.82, 2.24) is 9.55 Å². The van der Waals surface area contributed by atoms with Crippen molar-refractivity contribution in [3.63, 3.8) is 0 Å². The number of nitrogens with zero attached hydrogens (tertiary/aromatic N) is 2. The summed E-state index contributed by atoms with van der Waals surface area (Å²) in [5, 5.41) is 2.26. The SMILES string of the molecule is CC(C)c1cc(-c2ccc(-c3ccccc3)cc2)cc(C(C)C)c1-n1c(-c2cccc3c2oc2ccc(C(C)(C)C)cc23)nc2ccccc21. The number of benzene rings is 6. The minimum Gasteiger partial charge on any atom is -0.455 e. The zero-order valence-electron chi connectivity index (χ0n) is 30.1. The number of hydrogen-bond donors (Lipinski definition) is 0. The predicted octanol–water partition coefficient (Wildman–Crippen LogP) is 13.5. The molecule has 0 N–H and O–H groups in total. The Balaban J connectivity index is 1.36. The molecule has 3 heteroatoms. The molecule has 6 aromatic carbocycles. The van der Waals surface area contributed by atoms with Crippen molar-refractivity contribution in [2.75, 3.05) is 0 Å². The van der Waals surface area contributed by atoms with Gasteiger partial charge in [0.2, 0.25) is 0 Å². The molecule has 8 rings (SSSR count). The lowest BCUT2D eigenvalue weighted by atomic mass is 9.86. The summed E-state index contributed by atoms with van der Waals surface area (Å²) >= 11 is 0. The van der Waals surface area contributed by atoms with E-state index in [9.17, 15) is 0 Å². The fourth-order valence-corrected chi connectivity index (χ4v) is 7.35. The van der Waals surface area contributed by atoms with Crippen molar-refractivity contribution in [3.8, 4) is 39.3 Å². The maximum absolute atomic E-state index is 6.71. The number of para-hydroxylation sites is 3. The summed E-state index contributed by atoms with van der Waals surface area (Å²) in [7, 11) is 0. The molecule has 248 valence electrons.